The van der Waals surface area contributed by atoms with Gasteiger partial charge in [-0.1, -0.05) is 18.2 Å². The van der Waals surface area contributed by atoms with Gasteiger partial charge < -0.3 is 16.6 Å². The molecule has 0 heterocycles. The number of aliphatic carboxylic acids is 1. The number of carboxylic acid groups (broad SMARTS) is 1. The van der Waals surface area contributed by atoms with E-state index >= 15 is 0 Å². The highest BCUT2D eigenvalue weighted by Crippen LogP contribution is 2.24. The molecule has 16 heavy (non-hydrogen) atoms. The van der Waals surface area contributed by atoms with E-state index in [1.807, 2.05) is 0 Å². The third kappa shape index (κ3) is 2.29. The smallest absolute Gasteiger partial charge is 0.325 e. The summed E-state index contributed by atoms with van der Waals surface area (Å²) >= 11 is 0. The standard InChI is InChI=1S/C10H13N3O3/c1-13(10(12)16)7-5-3-2-4-6(7)8(11)9(14)15/h2-5,8H,11H2,1H3,(H2,12,16)(H,14,15). The minimum Gasteiger partial charge on any atom is -0.480 e. The molecule has 1 aromatic carbocycles. The molecule has 0 bridgehead atoms. The Labute approximate surface area is 92.4 Å². The van der Waals surface area contributed by atoms with Gasteiger partial charge in [-0.3, -0.25) is 9.69 Å². The van der Waals surface area contributed by atoms with Crippen LogP contribution in [0.4, 0.5) is 10.5 Å². The van der Waals surface area contributed by atoms with Crippen LogP contribution in [0, 0.1) is 0 Å². The summed E-state index contributed by atoms with van der Waals surface area (Å²) < 4.78 is 0. The van der Waals surface area contributed by atoms with Crippen LogP contribution in [0.5, 0.6) is 0 Å². The average Bonchev–Trinajstić information content (AvgIpc) is 2.26. The molecule has 0 radical (unpaired) electrons. The SMILES string of the molecule is CN(C(N)=O)c1ccccc1C(N)C(=O)O. The van der Waals surface area contributed by atoms with Gasteiger partial charge in [0.25, 0.3) is 0 Å². The van der Waals surface area contributed by atoms with E-state index in [1.54, 1.807) is 24.3 Å². The summed E-state index contributed by atoms with van der Waals surface area (Å²) in [5.41, 5.74) is 11.3. The van der Waals surface area contributed by atoms with E-state index in [0.717, 1.165) is 4.90 Å². The van der Waals surface area contributed by atoms with Crippen molar-refractivity contribution < 1.29 is 14.7 Å². The van der Waals surface area contributed by atoms with E-state index in [2.05, 4.69) is 0 Å². The third-order valence-corrected chi connectivity index (χ3v) is 2.23. The number of anilines is 1. The topological polar surface area (TPSA) is 110 Å². The van der Waals surface area contributed by atoms with E-state index in [4.69, 9.17) is 16.6 Å². The van der Waals surface area contributed by atoms with Crippen molar-refractivity contribution in [2.24, 2.45) is 11.5 Å². The number of carbonyl (C=O) groups is 2. The lowest BCUT2D eigenvalue weighted by Crippen LogP contribution is -2.34. The van der Waals surface area contributed by atoms with Crippen LogP contribution < -0.4 is 16.4 Å². The molecule has 1 aromatic rings. The number of carbonyl (C=O) groups excluding carboxylic acids is 1. The van der Waals surface area contributed by atoms with E-state index in [9.17, 15) is 9.59 Å². The van der Waals surface area contributed by atoms with Crippen molar-refractivity contribution in [2.45, 2.75) is 6.04 Å². The maximum Gasteiger partial charge on any atom is 0.325 e. The van der Waals surface area contributed by atoms with Gasteiger partial charge in [0.2, 0.25) is 0 Å². The van der Waals surface area contributed by atoms with Gasteiger partial charge in [0.05, 0.1) is 5.69 Å². The number of nitrogens with two attached hydrogens (primary N) is 2. The molecule has 0 aromatic heterocycles. The number of primary amides is 1. The van der Waals surface area contributed by atoms with Gasteiger partial charge in [0.1, 0.15) is 6.04 Å². The van der Waals surface area contributed by atoms with Crippen LogP contribution in [0.2, 0.25) is 0 Å². The second-order valence-electron chi connectivity index (χ2n) is 3.27. The van der Waals surface area contributed by atoms with Gasteiger partial charge in [0.15, 0.2) is 0 Å². The molecule has 0 aliphatic heterocycles. The lowest BCUT2D eigenvalue weighted by Gasteiger charge is -2.20. The van der Waals surface area contributed by atoms with E-state index in [-0.39, 0.29) is 0 Å². The maximum atomic E-state index is 11.0. The van der Waals surface area contributed by atoms with Crippen LogP contribution in [0.25, 0.3) is 0 Å². The Bertz CT molecular complexity index is 381. The average molecular weight is 223 g/mol. The van der Waals surface area contributed by atoms with Crippen molar-refractivity contribution in [2.75, 3.05) is 11.9 Å². The minimum atomic E-state index is -1.18. The number of amides is 2. The molecule has 0 fully saturated rings. The molecule has 6 nitrogen and oxygen atoms in total. The van der Waals surface area contributed by atoms with Gasteiger partial charge in [-0.15, -0.1) is 0 Å². The Morgan fingerprint density at radius 3 is 2.44 bits per heavy atom. The Hall–Kier alpha value is -2.08. The number of para-hydroxylation sites is 1. The van der Waals surface area contributed by atoms with E-state index in [1.165, 1.54) is 7.05 Å². The van der Waals surface area contributed by atoms with Crippen LogP contribution in [0.3, 0.4) is 0 Å². The monoisotopic (exact) mass is 223 g/mol. The molecule has 1 rings (SSSR count). The molecule has 0 saturated carbocycles. The number of benzene rings is 1. The number of rotatable bonds is 3. The van der Waals surface area contributed by atoms with Crippen molar-refractivity contribution in [3.63, 3.8) is 0 Å². The lowest BCUT2D eigenvalue weighted by atomic mass is 10.1. The van der Waals surface area contributed by atoms with Crippen LogP contribution in [-0.2, 0) is 4.79 Å². The highest BCUT2D eigenvalue weighted by atomic mass is 16.4. The zero-order valence-electron chi connectivity index (χ0n) is 8.75. The predicted octanol–water partition coefficient (Wildman–Crippen LogP) is 0.286. The van der Waals surface area contributed by atoms with Crippen molar-refractivity contribution in [3.05, 3.63) is 29.8 Å². The number of urea groups is 1. The van der Waals surface area contributed by atoms with Crippen LogP contribution >= 0.6 is 0 Å². The molecule has 0 spiro atoms. The zero-order valence-corrected chi connectivity index (χ0v) is 8.75. The first kappa shape index (κ1) is 12.0. The Morgan fingerprint density at radius 2 is 1.94 bits per heavy atom. The molecule has 1 atom stereocenters. The summed E-state index contributed by atoms with van der Waals surface area (Å²) in [6.07, 6.45) is 0. The van der Waals surface area contributed by atoms with E-state index < -0.39 is 18.0 Å². The molecule has 86 valence electrons. The van der Waals surface area contributed by atoms with Crippen LogP contribution in [0.15, 0.2) is 24.3 Å². The molecule has 2 amide bonds. The molecule has 1 unspecified atom stereocenters. The summed E-state index contributed by atoms with van der Waals surface area (Å²) in [6.45, 7) is 0. The summed E-state index contributed by atoms with van der Waals surface area (Å²) in [4.78, 5) is 22.9. The highest BCUT2D eigenvalue weighted by molar-refractivity contribution is 5.92. The summed E-state index contributed by atoms with van der Waals surface area (Å²) in [6, 6.07) is 4.60. The summed E-state index contributed by atoms with van der Waals surface area (Å²) in [5.74, 6) is -1.16. The maximum absolute atomic E-state index is 11.0. The van der Waals surface area contributed by atoms with Gasteiger partial charge in [-0.05, 0) is 6.07 Å². The first-order valence-electron chi connectivity index (χ1n) is 4.55. The fraction of sp³-hybridized carbons (Fsp3) is 0.200. The molecule has 0 aliphatic carbocycles. The van der Waals surface area contributed by atoms with E-state index in [0.29, 0.717) is 11.3 Å². The molecule has 0 saturated heterocycles. The number of hydrogen-bond acceptors (Lipinski definition) is 3. The van der Waals surface area contributed by atoms with Crippen molar-refractivity contribution in [1.82, 2.24) is 0 Å². The molecule has 6 heteroatoms. The van der Waals surface area contributed by atoms with Crippen molar-refractivity contribution in [3.8, 4) is 0 Å². The first-order valence-corrected chi connectivity index (χ1v) is 4.55. The lowest BCUT2D eigenvalue weighted by molar-refractivity contribution is -0.138. The summed E-state index contributed by atoms with van der Waals surface area (Å²) in [7, 11) is 1.45. The third-order valence-electron chi connectivity index (χ3n) is 2.23. The van der Waals surface area contributed by atoms with Gasteiger partial charge in [-0.25, -0.2) is 4.79 Å². The predicted molar refractivity (Wildman–Crippen MR) is 59.0 cm³/mol. The van der Waals surface area contributed by atoms with Crippen LogP contribution in [-0.4, -0.2) is 24.2 Å². The van der Waals surface area contributed by atoms with Gasteiger partial charge in [-0.2, -0.15) is 0 Å². The Kier molecular flexibility index (Phi) is 3.47. The van der Waals surface area contributed by atoms with Crippen LogP contribution in [0.1, 0.15) is 11.6 Å². The molecule has 5 N–H and O–H groups in total. The van der Waals surface area contributed by atoms with Crippen molar-refractivity contribution >= 4 is 17.7 Å². The fourth-order valence-electron chi connectivity index (χ4n) is 1.31. The first-order chi connectivity index (χ1) is 7.45. The highest BCUT2D eigenvalue weighted by Gasteiger charge is 2.20. The second kappa shape index (κ2) is 4.63. The van der Waals surface area contributed by atoms with Crippen molar-refractivity contribution in [1.29, 1.82) is 0 Å². The van der Waals surface area contributed by atoms with Gasteiger partial charge >= 0.3 is 12.0 Å². The second-order valence-corrected chi connectivity index (χ2v) is 3.27. The quantitative estimate of drug-likeness (QED) is 0.683. The Balaban J connectivity index is 3.19. The van der Waals surface area contributed by atoms with Gasteiger partial charge in [0, 0.05) is 12.6 Å². The largest absolute Gasteiger partial charge is 0.480 e. The fourth-order valence-corrected chi connectivity index (χ4v) is 1.31. The number of carboxylic acids is 1. The Morgan fingerprint density at radius 1 is 1.38 bits per heavy atom. The minimum absolute atomic E-state index is 0.344. The molecule has 0 aliphatic rings. The zero-order chi connectivity index (χ0) is 12.3. The summed E-state index contributed by atoms with van der Waals surface area (Å²) in [5, 5.41) is 8.82. The number of hydrogen-bond donors (Lipinski definition) is 3. The molecular formula is C10H13N3O3. The number of nitrogens with zero attached hydrogens (tertiary/aromatic N) is 1. The molecular weight excluding hydrogens is 210 g/mol. The normalized spacial score (nSPS) is 11.9.